The highest BCUT2D eigenvalue weighted by Crippen LogP contribution is 2.41. The van der Waals surface area contributed by atoms with Gasteiger partial charge < -0.3 is 14.5 Å². The summed E-state index contributed by atoms with van der Waals surface area (Å²) in [6.07, 6.45) is 3.37. The maximum absolute atomic E-state index is 12.8. The Hall–Kier alpha value is -3.50. The van der Waals surface area contributed by atoms with Gasteiger partial charge in [0.05, 0.1) is 12.9 Å². The van der Waals surface area contributed by atoms with E-state index in [0.717, 1.165) is 61.4 Å². The van der Waals surface area contributed by atoms with Crippen LogP contribution in [-0.2, 0) is 4.79 Å². The minimum absolute atomic E-state index is 0.187. The van der Waals surface area contributed by atoms with Gasteiger partial charge in [0.15, 0.2) is 0 Å². The Morgan fingerprint density at radius 3 is 2.38 bits per heavy atom. The summed E-state index contributed by atoms with van der Waals surface area (Å²) in [4.78, 5) is 12.8. The highest BCUT2D eigenvalue weighted by atomic mass is 35.5. The molecule has 0 fully saturated rings. The van der Waals surface area contributed by atoms with Crippen LogP contribution in [-0.4, -0.2) is 12.5 Å². The second-order valence-corrected chi connectivity index (χ2v) is 8.97. The molecule has 0 spiro atoms. The van der Waals surface area contributed by atoms with Crippen LogP contribution in [0.3, 0.4) is 0 Å². The fourth-order valence-electron chi connectivity index (χ4n) is 4.29. The molecule has 1 N–H and O–H groups in total. The van der Waals surface area contributed by atoms with Crippen LogP contribution in [0.4, 0.5) is 5.69 Å². The van der Waals surface area contributed by atoms with Crippen molar-refractivity contribution >= 4 is 39.7 Å². The number of fused-ring (bicyclic) bond motifs is 1. The third-order valence-corrected chi connectivity index (χ3v) is 6.00. The number of ether oxygens (including phenoxy) is 1. The van der Waals surface area contributed by atoms with Crippen molar-refractivity contribution in [2.45, 2.75) is 34.6 Å². The van der Waals surface area contributed by atoms with Gasteiger partial charge in [-0.05, 0) is 87.2 Å². The third-order valence-electron chi connectivity index (χ3n) is 5.75. The lowest BCUT2D eigenvalue weighted by Crippen LogP contribution is -2.09. The number of carbonyl (C=O) groups is 1. The average molecular weight is 474 g/mol. The first-order chi connectivity index (χ1) is 16.3. The van der Waals surface area contributed by atoms with Crippen LogP contribution in [0.2, 0.25) is 5.02 Å². The van der Waals surface area contributed by atoms with E-state index in [9.17, 15) is 4.79 Å². The van der Waals surface area contributed by atoms with E-state index in [0.29, 0.717) is 11.6 Å². The summed E-state index contributed by atoms with van der Waals surface area (Å²) < 4.78 is 12.0. The minimum Gasteiger partial charge on any atom is -0.493 e. The first kappa shape index (κ1) is 23.7. The van der Waals surface area contributed by atoms with Crippen LogP contribution in [0.25, 0.3) is 27.7 Å². The zero-order valence-corrected chi connectivity index (χ0v) is 20.8. The maximum Gasteiger partial charge on any atom is 0.248 e. The van der Waals surface area contributed by atoms with Crippen LogP contribution >= 0.6 is 11.6 Å². The van der Waals surface area contributed by atoms with Crippen LogP contribution in [0.1, 0.15) is 36.1 Å². The molecule has 0 unspecified atom stereocenters. The molecule has 3 aromatic carbocycles. The topological polar surface area (TPSA) is 51.5 Å². The molecule has 0 saturated carbocycles. The van der Waals surface area contributed by atoms with Crippen molar-refractivity contribution in [3.63, 3.8) is 0 Å². The van der Waals surface area contributed by atoms with Gasteiger partial charge >= 0.3 is 0 Å². The van der Waals surface area contributed by atoms with Gasteiger partial charge in [0.1, 0.15) is 11.3 Å². The molecule has 0 bridgehead atoms. The predicted molar refractivity (Wildman–Crippen MR) is 141 cm³/mol. The van der Waals surface area contributed by atoms with Gasteiger partial charge in [-0.15, -0.1) is 0 Å². The van der Waals surface area contributed by atoms with Crippen molar-refractivity contribution in [1.82, 2.24) is 0 Å². The molecule has 4 nitrogen and oxygen atoms in total. The second kappa shape index (κ2) is 9.78. The van der Waals surface area contributed by atoms with E-state index in [1.54, 1.807) is 12.3 Å². The van der Waals surface area contributed by atoms with Crippen LogP contribution < -0.4 is 10.1 Å². The van der Waals surface area contributed by atoms with Crippen LogP contribution in [0.5, 0.6) is 5.75 Å². The van der Waals surface area contributed by atoms with Gasteiger partial charge in [-0.2, -0.15) is 0 Å². The molecule has 1 amide bonds. The standard InChI is InChI=1S/C29H28ClNO3/c1-6-33-28-20(5)29-25(26(16-34-29)21-7-9-22(30)10-8-21)15-24(28)19(4)14-27(32)31-23-12-17(2)11-18(3)13-23/h7-16H,6H2,1-5H3,(H,31,32)/b19-14+. The SMILES string of the molecule is CCOc1c(/C(C)=C/C(=O)Nc2cc(C)cc(C)c2)cc2c(-c3ccc(Cl)cc3)coc2c1C. The zero-order valence-electron chi connectivity index (χ0n) is 20.1. The molecule has 34 heavy (non-hydrogen) atoms. The summed E-state index contributed by atoms with van der Waals surface area (Å²) in [6, 6.07) is 15.7. The zero-order chi connectivity index (χ0) is 24.4. The van der Waals surface area contributed by atoms with Crippen LogP contribution in [0, 0.1) is 20.8 Å². The molecule has 4 aromatic rings. The van der Waals surface area contributed by atoms with Crippen molar-refractivity contribution in [1.29, 1.82) is 0 Å². The summed E-state index contributed by atoms with van der Waals surface area (Å²) in [6.45, 7) is 10.4. The molecule has 0 aliphatic heterocycles. The molecule has 174 valence electrons. The van der Waals surface area contributed by atoms with E-state index in [2.05, 4.69) is 11.4 Å². The van der Waals surface area contributed by atoms with Crippen molar-refractivity contribution < 1.29 is 13.9 Å². The Morgan fingerprint density at radius 1 is 1.06 bits per heavy atom. The highest BCUT2D eigenvalue weighted by molar-refractivity contribution is 6.30. The number of furan rings is 1. The number of carbonyl (C=O) groups excluding carboxylic acids is 1. The van der Waals surface area contributed by atoms with Gasteiger partial charge in [0.25, 0.3) is 0 Å². The lowest BCUT2D eigenvalue weighted by atomic mass is 9.96. The monoisotopic (exact) mass is 473 g/mol. The Kier molecular flexibility index (Phi) is 6.80. The quantitative estimate of drug-likeness (QED) is 0.287. The number of benzene rings is 3. The van der Waals surface area contributed by atoms with Gasteiger partial charge in [-0.1, -0.05) is 29.8 Å². The molecule has 0 saturated heterocycles. The number of hydrogen-bond donors (Lipinski definition) is 1. The fraction of sp³-hybridized carbons (Fsp3) is 0.207. The van der Waals surface area contributed by atoms with Gasteiger partial charge in [-0.25, -0.2) is 0 Å². The van der Waals surface area contributed by atoms with Gasteiger partial charge in [0.2, 0.25) is 5.91 Å². The van der Waals surface area contributed by atoms with Crippen molar-refractivity contribution in [2.75, 3.05) is 11.9 Å². The number of nitrogens with one attached hydrogen (secondary N) is 1. The number of halogens is 1. The fourth-order valence-corrected chi connectivity index (χ4v) is 4.42. The Balaban J connectivity index is 1.77. The normalized spacial score (nSPS) is 11.6. The summed E-state index contributed by atoms with van der Waals surface area (Å²) in [7, 11) is 0. The van der Waals surface area contributed by atoms with E-state index < -0.39 is 0 Å². The summed E-state index contributed by atoms with van der Waals surface area (Å²) >= 11 is 6.08. The molecule has 0 aliphatic rings. The molecule has 5 heteroatoms. The van der Waals surface area contributed by atoms with Crippen molar-refractivity contribution in [2.24, 2.45) is 0 Å². The first-order valence-electron chi connectivity index (χ1n) is 11.3. The lowest BCUT2D eigenvalue weighted by molar-refractivity contribution is -0.111. The molecular weight excluding hydrogens is 446 g/mol. The van der Waals surface area contributed by atoms with E-state index >= 15 is 0 Å². The number of aryl methyl sites for hydroxylation is 3. The molecule has 0 atom stereocenters. The molecule has 0 aliphatic carbocycles. The number of rotatable bonds is 6. The van der Waals surface area contributed by atoms with Crippen LogP contribution in [0.15, 0.2) is 65.3 Å². The number of amides is 1. The minimum atomic E-state index is -0.187. The largest absolute Gasteiger partial charge is 0.493 e. The Labute approximate surface area is 205 Å². The van der Waals surface area contributed by atoms with E-state index in [1.165, 1.54) is 0 Å². The molecule has 1 aromatic heterocycles. The molecular formula is C29H28ClNO3. The van der Waals surface area contributed by atoms with Gasteiger partial charge in [0, 0.05) is 38.9 Å². The highest BCUT2D eigenvalue weighted by Gasteiger charge is 2.19. The molecule has 4 rings (SSSR count). The molecule has 1 heterocycles. The van der Waals surface area contributed by atoms with Crippen molar-refractivity contribution in [3.05, 3.63) is 88.1 Å². The van der Waals surface area contributed by atoms with E-state index in [1.807, 2.05) is 77.1 Å². The number of hydrogen-bond acceptors (Lipinski definition) is 3. The first-order valence-corrected chi connectivity index (χ1v) is 11.7. The molecule has 0 radical (unpaired) electrons. The number of allylic oxidation sites excluding steroid dienone is 1. The maximum atomic E-state index is 12.8. The summed E-state index contributed by atoms with van der Waals surface area (Å²) in [5, 5.41) is 4.62. The number of anilines is 1. The lowest BCUT2D eigenvalue weighted by Gasteiger charge is -2.15. The van der Waals surface area contributed by atoms with E-state index in [-0.39, 0.29) is 5.91 Å². The second-order valence-electron chi connectivity index (χ2n) is 8.54. The Morgan fingerprint density at radius 2 is 1.74 bits per heavy atom. The average Bonchev–Trinajstić information content (AvgIpc) is 3.19. The smallest absolute Gasteiger partial charge is 0.248 e. The summed E-state index contributed by atoms with van der Waals surface area (Å²) in [5.74, 6) is 0.535. The van der Waals surface area contributed by atoms with E-state index in [4.69, 9.17) is 20.8 Å². The Bertz CT molecular complexity index is 1380. The van der Waals surface area contributed by atoms with Crippen molar-refractivity contribution in [3.8, 4) is 16.9 Å². The summed E-state index contributed by atoms with van der Waals surface area (Å²) in [5.41, 5.74) is 8.29. The van der Waals surface area contributed by atoms with Gasteiger partial charge in [-0.3, -0.25) is 4.79 Å². The predicted octanol–water partition coefficient (Wildman–Crippen LogP) is 8.12. The third kappa shape index (κ3) is 4.87.